The molecule has 1 aromatic rings. The van der Waals surface area contributed by atoms with Crippen LogP contribution in [0.15, 0.2) is 6.20 Å². The summed E-state index contributed by atoms with van der Waals surface area (Å²) in [6.45, 7) is 2.11. The number of hydrogen-bond acceptors (Lipinski definition) is 2. The van der Waals surface area contributed by atoms with Crippen LogP contribution in [-0.2, 0) is 6.54 Å². The van der Waals surface area contributed by atoms with Crippen LogP contribution in [0.1, 0.15) is 21.6 Å². The highest BCUT2D eigenvalue weighted by atomic mass is 16.4. The van der Waals surface area contributed by atoms with E-state index >= 15 is 0 Å². The van der Waals surface area contributed by atoms with Crippen LogP contribution >= 0.6 is 0 Å². The van der Waals surface area contributed by atoms with E-state index in [2.05, 4.69) is 4.98 Å². The van der Waals surface area contributed by atoms with E-state index in [0.717, 1.165) is 11.1 Å². The number of aromatic carboxylic acids is 1. The molecule has 0 aliphatic rings. The molecule has 0 fully saturated rings. The molecule has 0 amide bonds. The van der Waals surface area contributed by atoms with Crippen molar-refractivity contribution in [2.75, 3.05) is 0 Å². The Bertz CT molecular complexity index is 278. The summed E-state index contributed by atoms with van der Waals surface area (Å²) in [6.07, 6.45) is 1.62. The van der Waals surface area contributed by atoms with E-state index in [1.807, 2.05) is 0 Å². The van der Waals surface area contributed by atoms with E-state index in [1.54, 1.807) is 13.1 Å². The Morgan fingerprint density at radius 1 is 1.82 bits per heavy atom. The molecule has 0 unspecified atom stereocenters. The molecular weight excluding hydrogens is 144 g/mol. The Balaban J connectivity index is 3.10. The van der Waals surface area contributed by atoms with Crippen molar-refractivity contribution in [1.82, 2.24) is 4.98 Å². The highest BCUT2D eigenvalue weighted by molar-refractivity contribution is 5.87. The predicted molar refractivity (Wildman–Crippen MR) is 40.4 cm³/mol. The number of nitrogens with one attached hydrogen (secondary N) is 1. The van der Waals surface area contributed by atoms with Crippen molar-refractivity contribution in [3.8, 4) is 0 Å². The normalized spacial score (nSPS) is 10.0. The highest BCUT2D eigenvalue weighted by Gasteiger charge is 2.10. The van der Waals surface area contributed by atoms with E-state index in [1.165, 1.54) is 0 Å². The van der Waals surface area contributed by atoms with Gasteiger partial charge in [-0.1, -0.05) is 0 Å². The van der Waals surface area contributed by atoms with Crippen LogP contribution in [0.2, 0.25) is 0 Å². The minimum Gasteiger partial charge on any atom is -0.477 e. The van der Waals surface area contributed by atoms with Gasteiger partial charge in [0.2, 0.25) is 0 Å². The van der Waals surface area contributed by atoms with E-state index < -0.39 is 5.97 Å². The molecule has 0 radical (unpaired) electrons. The number of carbonyl (C=O) groups is 1. The number of carboxylic acids is 1. The van der Waals surface area contributed by atoms with Crippen molar-refractivity contribution in [2.24, 2.45) is 5.73 Å². The molecule has 11 heavy (non-hydrogen) atoms. The van der Waals surface area contributed by atoms with Crippen molar-refractivity contribution in [1.29, 1.82) is 0 Å². The van der Waals surface area contributed by atoms with Crippen LogP contribution in [0, 0.1) is 6.92 Å². The van der Waals surface area contributed by atoms with Crippen LogP contribution in [0.5, 0.6) is 0 Å². The molecule has 4 heteroatoms. The molecule has 1 rings (SSSR count). The minimum absolute atomic E-state index is 0.227. The van der Waals surface area contributed by atoms with Gasteiger partial charge >= 0.3 is 5.97 Å². The zero-order chi connectivity index (χ0) is 8.43. The molecule has 4 N–H and O–H groups in total. The summed E-state index contributed by atoms with van der Waals surface area (Å²) in [5.74, 6) is -0.942. The fourth-order valence-electron chi connectivity index (χ4n) is 0.971. The van der Waals surface area contributed by atoms with Gasteiger partial charge in [0.15, 0.2) is 0 Å². The van der Waals surface area contributed by atoms with Crippen LogP contribution < -0.4 is 5.73 Å². The number of nitrogens with two attached hydrogens (primary N) is 1. The van der Waals surface area contributed by atoms with Crippen molar-refractivity contribution in [3.05, 3.63) is 23.0 Å². The molecule has 60 valence electrons. The lowest BCUT2D eigenvalue weighted by molar-refractivity contribution is 0.0690. The third-order valence-electron chi connectivity index (χ3n) is 1.68. The number of aromatic amines is 1. The highest BCUT2D eigenvalue weighted by Crippen LogP contribution is 2.11. The molecule has 0 bridgehead atoms. The van der Waals surface area contributed by atoms with Gasteiger partial charge in [-0.2, -0.15) is 0 Å². The maximum atomic E-state index is 10.5. The average Bonchev–Trinajstić information content (AvgIpc) is 2.30. The first-order valence-corrected chi connectivity index (χ1v) is 3.27. The van der Waals surface area contributed by atoms with Crippen molar-refractivity contribution in [3.63, 3.8) is 0 Å². The summed E-state index contributed by atoms with van der Waals surface area (Å²) < 4.78 is 0. The Morgan fingerprint density at radius 3 is 2.73 bits per heavy atom. The summed E-state index contributed by atoms with van der Waals surface area (Å²) in [5.41, 5.74) is 7.15. The second-order valence-corrected chi connectivity index (χ2v) is 2.32. The van der Waals surface area contributed by atoms with E-state index in [9.17, 15) is 4.79 Å². The monoisotopic (exact) mass is 154 g/mol. The van der Waals surface area contributed by atoms with Gasteiger partial charge in [-0.15, -0.1) is 0 Å². The van der Waals surface area contributed by atoms with Gasteiger partial charge in [0, 0.05) is 12.7 Å². The molecular formula is C7H10N2O2. The zero-order valence-electron chi connectivity index (χ0n) is 6.22. The van der Waals surface area contributed by atoms with E-state index in [4.69, 9.17) is 10.8 Å². The Labute approximate surface area is 64.0 Å². The maximum Gasteiger partial charge on any atom is 0.352 e. The number of H-pyrrole nitrogens is 1. The zero-order valence-corrected chi connectivity index (χ0v) is 6.22. The molecule has 1 aromatic heterocycles. The third kappa shape index (κ3) is 1.25. The predicted octanol–water partition coefficient (Wildman–Crippen LogP) is 0.480. The van der Waals surface area contributed by atoms with Gasteiger partial charge in [0.05, 0.1) is 0 Å². The van der Waals surface area contributed by atoms with E-state index in [0.29, 0.717) is 6.54 Å². The molecule has 0 spiro atoms. The summed E-state index contributed by atoms with van der Waals surface area (Å²) >= 11 is 0. The lowest BCUT2D eigenvalue weighted by atomic mass is 10.2. The fourth-order valence-corrected chi connectivity index (χ4v) is 0.971. The molecule has 0 atom stereocenters. The summed E-state index contributed by atoms with van der Waals surface area (Å²) in [4.78, 5) is 13.1. The van der Waals surface area contributed by atoms with Crippen molar-refractivity contribution >= 4 is 5.97 Å². The molecule has 0 aromatic carbocycles. The second-order valence-electron chi connectivity index (χ2n) is 2.32. The quantitative estimate of drug-likeness (QED) is 0.579. The average molecular weight is 154 g/mol. The second kappa shape index (κ2) is 2.75. The molecule has 1 heterocycles. The van der Waals surface area contributed by atoms with Gasteiger partial charge in [-0.25, -0.2) is 4.79 Å². The van der Waals surface area contributed by atoms with Crippen molar-refractivity contribution in [2.45, 2.75) is 13.5 Å². The van der Waals surface area contributed by atoms with Crippen LogP contribution in [-0.4, -0.2) is 16.1 Å². The third-order valence-corrected chi connectivity index (χ3v) is 1.68. The molecule has 0 saturated carbocycles. The van der Waals surface area contributed by atoms with Crippen LogP contribution in [0.25, 0.3) is 0 Å². The van der Waals surface area contributed by atoms with Crippen LogP contribution in [0.3, 0.4) is 0 Å². The molecule has 4 nitrogen and oxygen atoms in total. The number of hydrogen-bond donors (Lipinski definition) is 3. The summed E-state index contributed by atoms with van der Waals surface area (Å²) in [5, 5.41) is 8.60. The fraction of sp³-hybridized carbons (Fsp3) is 0.286. The molecule has 0 aliphatic heterocycles. The molecule has 0 aliphatic carbocycles. The van der Waals surface area contributed by atoms with Gasteiger partial charge < -0.3 is 15.8 Å². The lowest BCUT2D eigenvalue weighted by Crippen LogP contribution is -2.01. The lowest BCUT2D eigenvalue weighted by Gasteiger charge is -1.93. The minimum atomic E-state index is -0.942. The van der Waals surface area contributed by atoms with Gasteiger partial charge in [0.1, 0.15) is 5.69 Å². The Morgan fingerprint density at radius 2 is 2.45 bits per heavy atom. The first-order valence-electron chi connectivity index (χ1n) is 3.27. The van der Waals surface area contributed by atoms with Crippen LogP contribution in [0.4, 0.5) is 0 Å². The Hall–Kier alpha value is -1.29. The standard InChI is InChI=1S/C7H10N2O2/c1-4-5(2-8)3-9-6(4)7(10)11/h3,9H,2,8H2,1H3,(H,10,11). The first kappa shape index (κ1) is 7.81. The summed E-state index contributed by atoms with van der Waals surface area (Å²) in [7, 11) is 0. The summed E-state index contributed by atoms with van der Waals surface area (Å²) in [6, 6.07) is 0. The van der Waals surface area contributed by atoms with Gasteiger partial charge in [0.25, 0.3) is 0 Å². The first-order chi connectivity index (χ1) is 5.16. The number of rotatable bonds is 2. The Kier molecular flexibility index (Phi) is 1.96. The van der Waals surface area contributed by atoms with Crippen molar-refractivity contribution < 1.29 is 9.90 Å². The smallest absolute Gasteiger partial charge is 0.352 e. The maximum absolute atomic E-state index is 10.5. The molecule has 0 saturated heterocycles. The van der Waals surface area contributed by atoms with Gasteiger partial charge in [-0.3, -0.25) is 0 Å². The largest absolute Gasteiger partial charge is 0.477 e. The number of aromatic nitrogens is 1. The topological polar surface area (TPSA) is 79.1 Å². The van der Waals surface area contributed by atoms with E-state index in [-0.39, 0.29) is 5.69 Å². The number of carboxylic acid groups (broad SMARTS) is 1. The van der Waals surface area contributed by atoms with Gasteiger partial charge in [-0.05, 0) is 18.1 Å². The SMILES string of the molecule is Cc1c(CN)c[nH]c1C(=O)O.